The maximum absolute atomic E-state index is 12.9. The Labute approximate surface area is 83.9 Å². The summed E-state index contributed by atoms with van der Waals surface area (Å²) in [6, 6.07) is 4.60. The zero-order valence-corrected chi connectivity index (χ0v) is 8.42. The molecule has 2 nitrogen and oxygen atoms in total. The van der Waals surface area contributed by atoms with Gasteiger partial charge in [-0.05, 0) is 50.1 Å². The van der Waals surface area contributed by atoms with Crippen LogP contribution >= 0.6 is 0 Å². The lowest BCUT2D eigenvalue weighted by molar-refractivity contribution is 0.335. The van der Waals surface area contributed by atoms with Gasteiger partial charge in [-0.25, -0.2) is 4.39 Å². The highest BCUT2D eigenvalue weighted by Crippen LogP contribution is 2.20. The number of ether oxygens (including phenoxy) is 1. The van der Waals surface area contributed by atoms with Crippen molar-refractivity contribution in [2.75, 3.05) is 13.2 Å². The molecule has 2 N–H and O–H groups in total. The van der Waals surface area contributed by atoms with E-state index in [2.05, 4.69) is 0 Å². The Bertz CT molecular complexity index is 289. The van der Waals surface area contributed by atoms with E-state index in [9.17, 15) is 4.39 Å². The lowest BCUT2D eigenvalue weighted by atomic mass is 10.1. The summed E-state index contributed by atoms with van der Waals surface area (Å²) in [6.07, 6.45) is 1.62. The molecule has 3 heteroatoms. The predicted molar refractivity (Wildman–Crippen MR) is 54.9 cm³/mol. The number of hydrogen-bond acceptors (Lipinski definition) is 2. The summed E-state index contributed by atoms with van der Waals surface area (Å²) in [4.78, 5) is 0. The molecule has 0 bridgehead atoms. The van der Waals surface area contributed by atoms with Crippen LogP contribution < -0.4 is 10.5 Å². The summed E-state index contributed by atoms with van der Waals surface area (Å²) in [6.45, 7) is 3.12. The van der Waals surface area contributed by atoms with E-state index >= 15 is 0 Å². The third-order valence-corrected chi connectivity index (χ3v) is 1.97. The Morgan fingerprint density at radius 3 is 2.86 bits per heavy atom. The van der Waals surface area contributed by atoms with Crippen LogP contribution in [0.15, 0.2) is 18.2 Å². The van der Waals surface area contributed by atoms with E-state index in [0.29, 0.717) is 13.2 Å². The van der Waals surface area contributed by atoms with Crippen molar-refractivity contribution < 1.29 is 9.13 Å². The average molecular weight is 197 g/mol. The largest absolute Gasteiger partial charge is 0.494 e. The highest BCUT2D eigenvalue weighted by Gasteiger charge is 2.04. The monoisotopic (exact) mass is 197 g/mol. The second kappa shape index (κ2) is 5.60. The van der Waals surface area contributed by atoms with Crippen molar-refractivity contribution in [2.24, 2.45) is 5.73 Å². The van der Waals surface area contributed by atoms with Crippen molar-refractivity contribution in [1.29, 1.82) is 0 Å². The maximum atomic E-state index is 12.9. The van der Waals surface area contributed by atoms with Crippen LogP contribution in [0.5, 0.6) is 5.75 Å². The van der Waals surface area contributed by atoms with Gasteiger partial charge in [-0.2, -0.15) is 0 Å². The van der Waals surface area contributed by atoms with Gasteiger partial charge < -0.3 is 10.5 Å². The Balaban J connectivity index is 2.79. The van der Waals surface area contributed by atoms with Gasteiger partial charge in [0.1, 0.15) is 11.6 Å². The van der Waals surface area contributed by atoms with E-state index in [-0.39, 0.29) is 5.82 Å². The highest BCUT2D eigenvalue weighted by atomic mass is 19.1. The molecular formula is C11H16FNO. The van der Waals surface area contributed by atoms with Crippen LogP contribution in [0.4, 0.5) is 4.39 Å². The number of halogens is 1. The number of nitrogens with two attached hydrogens (primary N) is 1. The molecule has 0 radical (unpaired) electrons. The lowest BCUT2D eigenvalue weighted by Gasteiger charge is -2.09. The van der Waals surface area contributed by atoms with E-state index in [0.717, 1.165) is 24.2 Å². The third-order valence-electron chi connectivity index (χ3n) is 1.97. The second-order valence-electron chi connectivity index (χ2n) is 3.08. The van der Waals surface area contributed by atoms with Crippen LogP contribution in [0.3, 0.4) is 0 Å². The molecule has 0 unspecified atom stereocenters. The Morgan fingerprint density at radius 2 is 2.21 bits per heavy atom. The number of rotatable bonds is 5. The van der Waals surface area contributed by atoms with Crippen molar-refractivity contribution in [3.05, 3.63) is 29.6 Å². The van der Waals surface area contributed by atoms with Crippen molar-refractivity contribution in [1.82, 2.24) is 0 Å². The fraction of sp³-hybridized carbons (Fsp3) is 0.455. The third kappa shape index (κ3) is 3.00. The molecule has 78 valence electrons. The molecule has 0 spiro atoms. The summed E-state index contributed by atoms with van der Waals surface area (Å²) in [7, 11) is 0. The van der Waals surface area contributed by atoms with Crippen LogP contribution in [0.25, 0.3) is 0 Å². The van der Waals surface area contributed by atoms with E-state index in [1.54, 1.807) is 6.07 Å². The van der Waals surface area contributed by atoms with Gasteiger partial charge in [0.15, 0.2) is 0 Å². The first kappa shape index (κ1) is 11.0. The van der Waals surface area contributed by atoms with Crippen molar-refractivity contribution in [3.63, 3.8) is 0 Å². The van der Waals surface area contributed by atoms with Gasteiger partial charge in [0.25, 0.3) is 0 Å². The van der Waals surface area contributed by atoms with Gasteiger partial charge in [0, 0.05) is 0 Å². The summed E-state index contributed by atoms with van der Waals surface area (Å²) in [5.41, 5.74) is 6.30. The van der Waals surface area contributed by atoms with Gasteiger partial charge in [0.05, 0.1) is 6.61 Å². The average Bonchev–Trinajstić information content (AvgIpc) is 2.18. The Morgan fingerprint density at radius 1 is 1.43 bits per heavy atom. The summed E-state index contributed by atoms with van der Waals surface area (Å²) < 4.78 is 18.3. The highest BCUT2D eigenvalue weighted by molar-refractivity contribution is 5.34. The second-order valence-corrected chi connectivity index (χ2v) is 3.08. The van der Waals surface area contributed by atoms with Gasteiger partial charge in [-0.1, -0.05) is 0 Å². The number of benzene rings is 1. The van der Waals surface area contributed by atoms with Crippen LogP contribution in [-0.4, -0.2) is 13.2 Å². The fourth-order valence-corrected chi connectivity index (χ4v) is 1.33. The number of aryl methyl sites for hydroxylation is 1. The molecule has 0 heterocycles. The summed E-state index contributed by atoms with van der Waals surface area (Å²) in [5.74, 6) is 0.544. The topological polar surface area (TPSA) is 35.2 Å². The van der Waals surface area contributed by atoms with E-state index in [1.165, 1.54) is 12.1 Å². The minimum Gasteiger partial charge on any atom is -0.494 e. The quantitative estimate of drug-likeness (QED) is 0.784. The minimum absolute atomic E-state index is 0.222. The molecule has 0 saturated heterocycles. The number of hydrogen-bond donors (Lipinski definition) is 1. The van der Waals surface area contributed by atoms with Crippen LogP contribution in [-0.2, 0) is 6.42 Å². The van der Waals surface area contributed by atoms with Crippen LogP contribution in [0, 0.1) is 5.82 Å². The van der Waals surface area contributed by atoms with Gasteiger partial charge >= 0.3 is 0 Å². The molecule has 0 aromatic heterocycles. The Hall–Kier alpha value is -1.09. The molecular weight excluding hydrogens is 181 g/mol. The molecule has 14 heavy (non-hydrogen) atoms. The first-order valence-corrected chi connectivity index (χ1v) is 4.89. The molecule has 0 fully saturated rings. The first-order valence-electron chi connectivity index (χ1n) is 4.89. The zero-order valence-electron chi connectivity index (χ0n) is 8.42. The molecule has 0 amide bonds. The molecule has 1 rings (SSSR count). The molecule has 1 aromatic rings. The van der Waals surface area contributed by atoms with Crippen LogP contribution in [0.2, 0.25) is 0 Å². The van der Waals surface area contributed by atoms with E-state index in [4.69, 9.17) is 10.5 Å². The molecule has 0 aliphatic carbocycles. The van der Waals surface area contributed by atoms with Gasteiger partial charge in [-0.3, -0.25) is 0 Å². The fourth-order valence-electron chi connectivity index (χ4n) is 1.33. The molecule has 0 saturated carbocycles. The summed E-state index contributed by atoms with van der Waals surface area (Å²) in [5, 5.41) is 0. The summed E-state index contributed by atoms with van der Waals surface area (Å²) >= 11 is 0. The normalized spacial score (nSPS) is 10.2. The van der Waals surface area contributed by atoms with E-state index < -0.39 is 0 Å². The van der Waals surface area contributed by atoms with Crippen LogP contribution in [0.1, 0.15) is 18.9 Å². The smallest absolute Gasteiger partial charge is 0.123 e. The minimum atomic E-state index is -0.222. The predicted octanol–water partition coefficient (Wildman–Crippen LogP) is 2.12. The maximum Gasteiger partial charge on any atom is 0.123 e. The Kier molecular flexibility index (Phi) is 4.40. The van der Waals surface area contributed by atoms with E-state index in [1.807, 2.05) is 6.92 Å². The van der Waals surface area contributed by atoms with Crippen molar-refractivity contribution in [3.8, 4) is 5.75 Å². The van der Waals surface area contributed by atoms with Crippen molar-refractivity contribution >= 4 is 0 Å². The lowest BCUT2D eigenvalue weighted by Crippen LogP contribution is -2.03. The molecule has 1 aromatic carbocycles. The van der Waals surface area contributed by atoms with Gasteiger partial charge in [0.2, 0.25) is 0 Å². The zero-order chi connectivity index (χ0) is 10.4. The SMILES string of the molecule is CCOc1ccc(F)cc1CCCN. The van der Waals surface area contributed by atoms with Gasteiger partial charge in [-0.15, -0.1) is 0 Å². The molecule has 0 aliphatic rings. The standard InChI is InChI=1S/C11H16FNO/c1-2-14-11-6-5-10(12)8-9(11)4-3-7-13/h5-6,8H,2-4,7,13H2,1H3. The molecule has 0 aliphatic heterocycles. The molecule has 0 atom stereocenters. The van der Waals surface area contributed by atoms with Crippen molar-refractivity contribution in [2.45, 2.75) is 19.8 Å². The first-order chi connectivity index (χ1) is 6.77.